The molecule has 0 amide bonds. The van der Waals surface area contributed by atoms with Crippen LogP contribution in [0, 0.1) is 6.92 Å². The molecule has 0 saturated heterocycles. The van der Waals surface area contributed by atoms with Gasteiger partial charge in [-0.15, -0.1) is 0 Å². The van der Waals surface area contributed by atoms with Gasteiger partial charge in [-0.05, 0) is 19.1 Å². The van der Waals surface area contributed by atoms with Crippen molar-refractivity contribution in [1.82, 2.24) is 14.8 Å². The van der Waals surface area contributed by atoms with Crippen molar-refractivity contribution >= 4 is 23.2 Å². The van der Waals surface area contributed by atoms with Gasteiger partial charge in [0.15, 0.2) is 0 Å². The van der Waals surface area contributed by atoms with E-state index in [0.717, 1.165) is 11.4 Å². The zero-order valence-electron chi connectivity index (χ0n) is 8.11. The van der Waals surface area contributed by atoms with E-state index in [9.17, 15) is 0 Å². The van der Waals surface area contributed by atoms with Gasteiger partial charge >= 0.3 is 0 Å². The Morgan fingerprint density at radius 3 is 2.73 bits per heavy atom. The van der Waals surface area contributed by atoms with Crippen molar-refractivity contribution in [2.24, 2.45) is 0 Å². The fraction of sp³-hybridized carbons (Fsp3) is 0.200. The van der Waals surface area contributed by atoms with Gasteiger partial charge in [0.05, 0.1) is 29.2 Å². The molecule has 0 spiro atoms. The van der Waals surface area contributed by atoms with E-state index in [-0.39, 0.29) is 0 Å². The Labute approximate surface area is 97.7 Å². The lowest BCUT2D eigenvalue weighted by Gasteiger charge is -2.03. The highest BCUT2D eigenvalue weighted by Gasteiger charge is 2.05. The van der Waals surface area contributed by atoms with Crippen LogP contribution in [-0.2, 0) is 6.54 Å². The smallest absolute Gasteiger partial charge is 0.129 e. The molecule has 78 valence electrons. The molecule has 0 radical (unpaired) electrons. The van der Waals surface area contributed by atoms with Crippen molar-refractivity contribution in [3.63, 3.8) is 0 Å². The van der Waals surface area contributed by atoms with Crippen molar-refractivity contribution in [3.05, 3.63) is 46.0 Å². The summed E-state index contributed by atoms with van der Waals surface area (Å²) in [7, 11) is 0. The monoisotopic (exact) mass is 241 g/mol. The summed E-state index contributed by atoms with van der Waals surface area (Å²) in [4.78, 5) is 4.18. The van der Waals surface area contributed by atoms with Crippen LogP contribution in [0.25, 0.3) is 0 Å². The lowest BCUT2D eigenvalue weighted by Crippen LogP contribution is -2.05. The number of hydrogen-bond donors (Lipinski definition) is 0. The summed E-state index contributed by atoms with van der Waals surface area (Å²) in [6.45, 7) is 2.50. The van der Waals surface area contributed by atoms with E-state index in [1.54, 1.807) is 16.9 Å². The van der Waals surface area contributed by atoms with Crippen LogP contribution in [0.4, 0.5) is 0 Å². The van der Waals surface area contributed by atoms with Gasteiger partial charge in [-0.2, -0.15) is 5.10 Å². The topological polar surface area (TPSA) is 30.7 Å². The van der Waals surface area contributed by atoms with Gasteiger partial charge < -0.3 is 0 Å². The van der Waals surface area contributed by atoms with E-state index < -0.39 is 0 Å². The number of rotatable bonds is 2. The van der Waals surface area contributed by atoms with Crippen LogP contribution >= 0.6 is 23.2 Å². The molecule has 2 aromatic heterocycles. The SMILES string of the molecule is Cc1c(Cl)cnn1Cc1cccc(Cl)n1. The Bertz CT molecular complexity index is 479. The van der Waals surface area contributed by atoms with Gasteiger partial charge in [0.2, 0.25) is 0 Å². The van der Waals surface area contributed by atoms with Crippen LogP contribution in [0.15, 0.2) is 24.4 Å². The normalized spacial score (nSPS) is 10.6. The third-order valence-corrected chi connectivity index (χ3v) is 2.71. The molecule has 0 unspecified atom stereocenters. The van der Waals surface area contributed by atoms with Gasteiger partial charge in [0, 0.05) is 0 Å². The minimum Gasteiger partial charge on any atom is -0.262 e. The zero-order chi connectivity index (χ0) is 10.8. The first-order chi connectivity index (χ1) is 7.16. The molecule has 2 rings (SSSR count). The van der Waals surface area contributed by atoms with Crippen LogP contribution in [0.5, 0.6) is 0 Å². The molecule has 0 aliphatic carbocycles. The molecule has 0 aromatic carbocycles. The van der Waals surface area contributed by atoms with Crippen molar-refractivity contribution < 1.29 is 0 Å². The summed E-state index contributed by atoms with van der Waals surface area (Å²) in [5, 5.41) is 5.30. The molecule has 0 fully saturated rings. The van der Waals surface area contributed by atoms with Crippen LogP contribution < -0.4 is 0 Å². The number of pyridine rings is 1. The molecule has 0 aliphatic heterocycles. The fourth-order valence-corrected chi connectivity index (χ4v) is 1.60. The standard InChI is InChI=1S/C10H9Cl2N3/c1-7-9(11)5-13-15(7)6-8-3-2-4-10(12)14-8/h2-5H,6H2,1H3. The minimum absolute atomic E-state index is 0.489. The number of halogens is 2. The second kappa shape index (κ2) is 4.21. The van der Waals surface area contributed by atoms with E-state index in [0.29, 0.717) is 16.7 Å². The molecule has 15 heavy (non-hydrogen) atoms. The molecular weight excluding hydrogens is 233 g/mol. The van der Waals surface area contributed by atoms with Gasteiger partial charge in [0.25, 0.3) is 0 Å². The maximum Gasteiger partial charge on any atom is 0.129 e. The summed E-state index contributed by atoms with van der Waals surface area (Å²) < 4.78 is 1.79. The molecule has 0 bridgehead atoms. The first-order valence-electron chi connectivity index (χ1n) is 4.46. The second-order valence-electron chi connectivity index (χ2n) is 3.19. The van der Waals surface area contributed by atoms with Gasteiger partial charge in [-0.25, -0.2) is 4.98 Å². The number of hydrogen-bond acceptors (Lipinski definition) is 2. The lowest BCUT2D eigenvalue weighted by atomic mass is 10.3. The summed E-state index contributed by atoms with van der Waals surface area (Å²) in [6.07, 6.45) is 1.63. The number of aromatic nitrogens is 3. The zero-order valence-corrected chi connectivity index (χ0v) is 9.63. The van der Waals surface area contributed by atoms with Crippen molar-refractivity contribution in [1.29, 1.82) is 0 Å². The Balaban J connectivity index is 2.26. The lowest BCUT2D eigenvalue weighted by molar-refractivity contribution is 0.652. The summed E-state index contributed by atoms with van der Waals surface area (Å²) in [5.74, 6) is 0. The maximum atomic E-state index is 5.90. The third kappa shape index (κ3) is 2.30. The summed E-state index contributed by atoms with van der Waals surface area (Å²) in [6, 6.07) is 5.51. The first-order valence-corrected chi connectivity index (χ1v) is 5.22. The fourth-order valence-electron chi connectivity index (χ4n) is 1.27. The minimum atomic E-state index is 0.489. The molecule has 0 atom stereocenters. The second-order valence-corrected chi connectivity index (χ2v) is 3.98. The Hall–Kier alpha value is -1.06. The number of nitrogens with zero attached hydrogens (tertiary/aromatic N) is 3. The molecule has 0 N–H and O–H groups in total. The van der Waals surface area contributed by atoms with Crippen LogP contribution in [0.3, 0.4) is 0 Å². The highest BCUT2D eigenvalue weighted by molar-refractivity contribution is 6.31. The molecule has 0 aliphatic rings. The van der Waals surface area contributed by atoms with Gasteiger partial charge in [-0.3, -0.25) is 4.68 Å². The summed E-state index contributed by atoms with van der Waals surface area (Å²) >= 11 is 11.7. The predicted octanol–water partition coefficient (Wildman–Crippen LogP) is 2.94. The van der Waals surface area contributed by atoms with Gasteiger partial charge in [-0.1, -0.05) is 29.3 Å². The molecule has 2 heterocycles. The largest absolute Gasteiger partial charge is 0.262 e. The molecule has 3 nitrogen and oxygen atoms in total. The Morgan fingerprint density at radius 2 is 2.13 bits per heavy atom. The van der Waals surface area contributed by atoms with E-state index >= 15 is 0 Å². The van der Waals surface area contributed by atoms with E-state index in [1.807, 2.05) is 19.1 Å². The first kappa shape index (κ1) is 10.5. The summed E-state index contributed by atoms with van der Waals surface area (Å²) in [5.41, 5.74) is 1.80. The highest BCUT2D eigenvalue weighted by atomic mass is 35.5. The quantitative estimate of drug-likeness (QED) is 0.758. The van der Waals surface area contributed by atoms with Crippen LogP contribution in [0.2, 0.25) is 10.2 Å². The molecule has 2 aromatic rings. The average molecular weight is 242 g/mol. The molecular formula is C10H9Cl2N3. The van der Waals surface area contributed by atoms with Crippen LogP contribution in [-0.4, -0.2) is 14.8 Å². The van der Waals surface area contributed by atoms with Crippen molar-refractivity contribution in [2.45, 2.75) is 13.5 Å². The predicted molar refractivity (Wildman–Crippen MR) is 60.3 cm³/mol. The van der Waals surface area contributed by atoms with Crippen LogP contribution in [0.1, 0.15) is 11.4 Å². The Morgan fingerprint density at radius 1 is 1.33 bits per heavy atom. The maximum absolute atomic E-state index is 5.90. The average Bonchev–Trinajstić information content (AvgIpc) is 2.50. The van der Waals surface area contributed by atoms with E-state index in [1.165, 1.54) is 0 Å². The van der Waals surface area contributed by atoms with E-state index in [4.69, 9.17) is 23.2 Å². The molecule has 0 saturated carbocycles. The molecule has 5 heteroatoms. The van der Waals surface area contributed by atoms with Crippen molar-refractivity contribution in [3.8, 4) is 0 Å². The Kier molecular flexibility index (Phi) is 2.93. The van der Waals surface area contributed by atoms with E-state index in [2.05, 4.69) is 10.1 Å². The van der Waals surface area contributed by atoms with Gasteiger partial charge in [0.1, 0.15) is 5.15 Å². The van der Waals surface area contributed by atoms with Crippen molar-refractivity contribution in [2.75, 3.05) is 0 Å². The third-order valence-electron chi connectivity index (χ3n) is 2.13. The highest BCUT2D eigenvalue weighted by Crippen LogP contribution is 2.14.